The maximum Gasteiger partial charge on any atom is 0.335 e. The van der Waals surface area contributed by atoms with E-state index in [4.69, 9.17) is 10.8 Å². The largest absolute Gasteiger partial charge is 0.478 e. The fraction of sp³-hybridized carbons (Fsp3) is 0.500. The van der Waals surface area contributed by atoms with Crippen LogP contribution in [0.2, 0.25) is 0 Å². The Bertz CT molecular complexity index is 610. The Labute approximate surface area is 123 Å². The number of anilines is 1. The predicted molar refractivity (Wildman–Crippen MR) is 79.2 cm³/mol. The lowest BCUT2D eigenvalue weighted by atomic mass is 9.80. The van der Waals surface area contributed by atoms with Gasteiger partial charge in [-0.05, 0) is 48.4 Å². The van der Waals surface area contributed by atoms with Gasteiger partial charge in [0.2, 0.25) is 5.91 Å². The molecule has 1 amide bonds. The van der Waals surface area contributed by atoms with Crippen LogP contribution in [-0.2, 0) is 4.79 Å². The molecule has 1 aromatic carbocycles. The van der Waals surface area contributed by atoms with E-state index in [1.807, 2.05) is 4.90 Å². The summed E-state index contributed by atoms with van der Waals surface area (Å²) < 4.78 is 0. The number of amides is 1. The van der Waals surface area contributed by atoms with Crippen molar-refractivity contribution in [3.63, 3.8) is 0 Å². The van der Waals surface area contributed by atoms with Crippen LogP contribution in [-0.4, -0.2) is 23.0 Å². The number of benzene rings is 1. The fourth-order valence-electron chi connectivity index (χ4n) is 3.52. The van der Waals surface area contributed by atoms with E-state index in [-0.39, 0.29) is 29.5 Å². The fourth-order valence-corrected chi connectivity index (χ4v) is 3.52. The SMILES string of the molecule is CC(=O)N1c2ccc(C(=O)O)cc2C(N)C(C)C1C1CC1. The standard InChI is InChI=1S/C16H20N2O3/c1-8-14(17)12-7-11(16(20)21)5-6-13(12)18(9(2)19)15(8)10-3-4-10/h5-8,10,14-15H,3-4,17H2,1-2H3,(H,20,21). The van der Waals surface area contributed by atoms with Crippen molar-refractivity contribution in [2.45, 2.75) is 38.8 Å². The first-order chi connectivity index (χ1) is 9.91. The van der Waals surface area contributed by atoms with Gasteiger partial charge in [0.25, 0.3) is 0 Å². The number of hydrogen-bond acceptors (Lipinski definition) is 3. The number of fused-ring (bicyclic) bond motifs is 1. The molecule has 5 heteroatoms. The van der Waals surface area contributed by atoms with Gasteiger partial charge in [0.15, 0.2) is 0 Å². The molecule has 0 radical (unpaired) electrons. The lowest BCUT2D eigenvalue weighted by Gasteiger charge is -2.44. The van der Waals surface area contributed by atoms with Crippen molar-refractivity contribution in [2.24, 2.45) is 17.6 Å². The molecule has 1 fully saturated rings. The highest BCUT2D eigenvalue weighted by molar-refractivity contribution is 5.95. The predicted octanol–water partition coefficient (Wildman–Crippen LogP) is 2.17. The van der Waals surface area contributed by atoms with Crippen molar-refractivity contribution < 1.29 is 14.7 Å². The third-order valence-corrected chi connectivity index (χ3v) is 4.74. The molecule has 0 aromatic heterocycles. The highest BCUT2D eigenvalue weighted by Gasteiger charge is 2.46. The van der Waals surface area contributed by atoms with Gasteiger partial charge in [0, 0.05) is 24.7 Å². The second-order valence-electron chi connectivity index (χ2n) is 6.18. The number of aromatic carboxylic acids is 1. The van der Waals surface area contributed by atoms with Gasteiger partial charge < -0.3 is 15.7 Å². The monoisotopic (exact) mass is 288 g/mol. The molecule has 3 N–H and O–H groups in total. The summed E-state index contributed by atoms with van der Waals surface area (Å²) in [5.41, 5.74) is 8.09. The summed E-state index contributed by atoms with van der Waals surface area (Å²) in [6, 6.07) is 4.77. The Morgan fingerprint density at radius 3 is 2.52 bits per heavy atom. The van der Waals surface area contributed by atoms with Crippen molar-refractivity contribution >= 4 is 17.6 Å². The zero-order valence-electron chi connectivity index (χ0n) is 12.2. The number of nitrogens with two attached hydrogens (primary N) is 1. The van der Waals surface area contributed by atoms with Crippen molar-refractivity contribution in [2.75, 3.05) is 4.90 Å². The van der Waals surface area contributed by atoms with E-state index in [1.54, 1.807) is 25.1 Å². The van der Waals surface area contributed by atoms with Gasteiger partial charge in [0.05, 0.1) is 5.56 Å². The summed E-state index contributed by atoms with van der Waals surface area (Å²) in [5, 5.41) is 9.14. The molecular weight excluding hydrogens is 268 g/mol. The molecule has 1 aromatic rings. The first kappa shape index (κ1) is 14.1. The van der Waals surface area contributed by atoms with Gasteiger partial charge in [-0.25, -0.2) is 4.79 Å². The van der Waals surface area contributed by atoms with Gasteiger partial charge in [-0.3, -0.25) is 4.79 Å². The summed E-state index contributed by atoms with van der Waals surface area (Å²) in [6.45, 7) is 3.62. The normalized spacial score (nSPS) is 28.1. The Hall–Kier alpha value is -1.88. The number of carboxylic acid groups (broad SMARTS) is 1. The molecule has 1 aliphatic carbocycles. The Morgan fingerprint density at radius 2 is 2.00 bits per heavy atom. The molecule has 5 nitrogen and oxygen atoms in total. The summed E-state index contributed by atoms with van der Waals surface area (Å²) in [5.74, 6) is -0.341. The van der Waals surface area contributed by atoms with E-state index in [0.29, 0.717) is 5.92 Å². The number of nitrogens with zero attached hydrogens (tertiary/aromatic N) is 1. The van der Waals surface area contributed by atoms with Crippen molar-refractivity contribution in [1.29, 1.82) is 0 Å². The molecule has 3 rings (SSSR count). The molecule has 1 saturated carbocycles. The third-order valence-electron chi connectivity index (χ3n) is 4.74. The van der Waals surface area contributed by atoms with E-state index in [9.17, 15) is 9.59 Å². The average Bonchev–Trinajstić information content (AvgIpc) is 3.25. The number of carbonyl (C=O) groups is 2. The Balaban J connectivity index is 2.13. The second kappa shape index (κ2) is 4.84. The van der Waals surface area contributed by atoms with E-state index < -0.39 is 5.97 Å². The van der Waals surface area contributed by atoms with E-state index >= 15 is 0 Å². The van der Waals surface area contributed by atoms with Crippen LogP contribution in [0.1, 0.15) is 48.7 Å². The summed E-state index contributed by atoms with van der Waals surface area (Å²) in [7, 11) is 0. The minimum Gasteiger partial charge on any atom is -0.478 e. The number of hydrogen-bond donors (Lipinski definition) is 2. The lowest BCUT2D eigenvalue weighted by Crippen LogP contribution is -2.51. The smallest absolute Gasteiger partial charge is 0.335 e. The quantitative estimate of drug-likeness (QED) is 0.873. The van der Waals surface area contributed by atoms with Gasteiger partial charge in [-0.15, -0.1) is 0 Å². The lowest BCUT2D eigenvalue weighted by molar-refractivity contribution is -0.117. The van der Waals surface area contributed by atoms with Crippen LogP contribution in [0.3, 0.4) is 0 Å². The zero-order chi connectivity index (χ0) is 15.3. The molecule has 0 bridgehead atoms. The van der Waals surface area contributed by atoms with Gasteiger partial charge in [0.1, 0.15) is 0 Å². The van der Waals surface area contributed by atoms with Crippen molar-refractivity contribution in [3.05, 3.63) is 29.3 Å². The molecule has 3 unspecified atom stereocenters. The van der Waals surface area contributed by atoms with Crippen LogP contribution >= 0.6 is 0 Å². The zero-order valence-corrected chi connectivity index (χ0v) is 12.2. The molecule has 0 spiro atoms. The van der Waals surface area contributed by atoms with E-state index in [0.717, 1.165) is 24.1 Å². The topological polar surface area (TPSA) is 83.6 Å². The summed E-state index contributed by atoms with van der Waals surface area (Å²) in [4.78, 5) is 25.1. The van der Waals surface area contributed by atoms with Crippen LogP contribution < -0.4 is 10.6 Å². The van der Waals surface area contributed by atoms with Crippen molar-refractivity contribution in [3.8, 4) is 0 Å². The van der Waals surface area contributed by atoms with Crippen LogP contribution in [0.5, 0.6) is 0 Å². The van der Waals surface area contributed by atoms with Crippen LogP contribution in [0.15, 0.2) is 18.2 Å². The van der Waals surface area contributed by atoms with E-state index in [1.165, 1.54) is 0 Å². The molecule has 2 aliphatic rings. The molecule has 1 heterocycles. The third kappa shape index (κ3) is 2.21. The number of rotatable bonds is 2. The molecule has 0 saturated heterocycles. The van der Waals surface area contributed by atoms with Crippen LogP contribution in [0.4, 0.5) is 5.69 Å². The maximum atomic E-state index is 12.1. The Kier molecular flexibility index (Phi) is 3.24. The average molecular weight is 288 g/mol. The van der Waals surface area contributed by atoms with Gasteiger partial charge in [-0.2, -0.15) is 0 Å². The van der Waals surface area contributed by atoms with E-state index in [2.05, 4.69) is 6.92 Å². The first-order valence-electron chi connectivity index (χ1n) is 7.34. The minimum absolute atomic E-state index is 0.00465. The Morgan fingerprint density at radius 1 is 1.33 bits per heavy atom. The minimum atomic E-state index is -0.976. The van der Waals surface area contributed by atoms with Gasteiger partial charge in [-0.1, -0.05) is 6.92 Å². The van der Waals surface area contributed by atoms with Gasteiger partial charge >= 0.3 is 5.97 Å². The highest BCUT2D eigenvalue weighted by atomic mass is 16.4. The molecular formula is C16H20N2O3. The first-order valence-corrected chi connectivity index (χ1v) is 7.34. The molecule has 112 valence electrons. The second-order valence-corrected chi connectivity index (χ2v) is 6.18. The number of carboxylic acids is 1. The molecule has 3 atom stereocenters. The summed E-state index contributed by atoms with van der Waals surface area (Å²) >= 11 is 0. The van der Waals surface area contributed by atoms with Crippen LogP contribution in [0, 0.1) is 11.8 Å². The number of carbonyl (C=O) groups excluding carboxylic acids is 1. The van der Waals surface area contributed by atoms with Crippen molar-refractivity contribution in [1.82, 2.24) is 0 Å². The highest BCUT2D eigenvalue weighted by Crippen LogP contribution is 2.48. The summed E-state index contributed by atoms with van der Waals surface area (Å²) in [6.07, 6.45) is 2.27. The maximum absolute atomic E-state index is 12.1. The molecule has 21 heavy (non-hydrogen) atoms. The van der Waals surface area contributed by atoms with Crippen LogP contribution in [0.25, 0.3) is 0 Å². The molecule has 1 aliphatic heterocycles.